The van der Waals surface area contributed by atoms with Gasteiger partial charge in [0, 0.05) is 29.5 Å². The first-order valence-corrected chi connectivity index (χ1v) is 17.3. The number of ketones is 1. The molecule has 0 aliphatic heterocycles. The van der Waals surface area contributed by atoms with Gasteiger partial charge in [0.1, 0.15) is 28.8 Å². The summed E-state index contributed by atoms with van der Waals surface area (Å²) in [6, 6.07) is 8.94. The van der Waals surface area contributed by atoms with Crippen LogP contribution in [0.3, 0.4) is 0 Å². The molecule has 4 N–H and O–H groups in total. The molecule has 260 valence electrons. The first-order chi connectivity index (χ1) is 22.4. The van der Waals surface area contributed by atoms with Gasteiger partial charge in [0.2, 0.25) is 0 Å². The van der Waals surface area contributed by atoms with Crippen molar-refractivity contribution < 1.29 is 23.2 Å². The highest BCUT2D eigenvalue weighted by atomic mass is 79.9. The lowest BCUT2D eigenvalue weighted by Gasteiger charge is -2.14. The number of hydrogen-bond acceptors (Lipinski definition) is 11. The van der Waals surface area contributed by atoms with Crippen molar-refractivity contribution in [3.63, 3.8) is 0 Å². The Labute approximate surface area is 298 Å². The molecule has 0 saturated heterocycles. The number of amides is 1. The average Bonchev–Trinajstić information content (AvgIpc) is 3.05. The molecule has 15 heteroatoms. The van der Waals surface area contributed by atoms with Crippen LogP contribution in [0, 0.1) is 11.6 Å². The molecule has 2 heterocycles. The summed E-state index contributed by atoms with van der Waals surface area (Å²) in [7, 11) is 2.90. The SMILES string of the molecule is C.CCSc1ncc(C(=O)N(C)OC)c(N)n1.CCSc1ncc(C(=O)c2cc(F)ccc2CC)c(N)n1.CCc1ccc(F)cc1Br. The molecule has 0 bridgehead atoms. The second-order valence-electron chi connectivity index (χ2n) is 9.33. The third-order valence-corrected chi connectivity index (χ3v) is 8.49. The summed E-state index contributed by atoms with van der Waals surface area (Å²) in [5.41, 5.74) is 14.2. The molecule has 4 aromatic rings. The molecule has 0 spiro atoms. The molecule has 0 aliphatic carbocycles. The Morgan fingerprint density at radius 3 is 1.73 bits per heavy atom. The van der Waals surface area contributed by atoms with Crippen molar-refractivity contribution in [3.8, 4) is 0 Å². The van der Waals surface area contributed by atoms with E-state index in [4.69, 9.17) is 16.3 Å². The molecule has 1 amide bonds. The largest absolute Gasteiger partial charge is 0.383 e. The second-order valence-corrected chi connectivity index (χ2v) is 12.6. The predicted octanol–water partition coefficient (Wildman–Crippen LogP) is 7.69. The van der Waals surface area contributed by atoms with Crippen LogP contribution in [-0.2, 0) is 17.7 Å². The minimum Gasteiger partial charge on any atom is -0.383 e. The Morgan fingerprint density at radius 2 is 1.29 bits per heavy atom. The number of carbonyl (C=O) groups excluding carboxylic acids is 2. The van der Waals surface area contributed by atoms with Crippen LogP contribution in [0.25, 0.3) is 0 Å². The predicted molar refractivity (Wildman–Crippen MR) is 194 cm³/mol. The van der Waals surface area contributed by atoms with Gasteiger partial charge in [0.05, 0.1) is 12.7 Å². The Bertz CT molecular complexity index is 1670. The first-order valence-electron chi connectivity index (χ1n) is 14.5. The van der Waals surface area contributed by atoms with E-state index < -0.39 is 5.82 Å². The van der Waals surface area contributed by atoms with Crippen molar-refractivity contribution in [2.45, 2.75) is 58.3 Å². The summed E-state index contributed by atoms with van der Waals surface area (Å²) >= 11 is 6.18. The van der Waals surface area contributed by atoms with Gasteiger partial charge in [-0.3, -0.25) is 14.4 Å². The van der Waals surface area contributed by atoms with E-state index in [1.807, 2.05) is 27.7 Å². The first kappa shape index (κ1) is 42.4. The quantitative estimate of drug-likeness (QED) is 0.0708. The number of rotatable bonds is 10. The number of halogens is 3. The number of aromatic nitrogens is 4. The lowest BCUT2D eigenvalue weighted by Crippen LogP contribution is -2.26. The van der Waals surface area contributed by atoms with E-state index in [1.165, 1.54) is 74.3 Å². The van der Waals surface area contributed by atoms with Gasteiger partial charge < -0.3 is 11.5 Å². The second kappa shape index (κ2) is 21.3. The third-order valence-electron chi connectivity index (χ3n) is 6.27. The summed E-state index contributed by atoms with van der Waals surface area (Å²) in [6.07, 6.45) is 4.39. The van der Waals surface area contributed by atoms with Crippen molar-refractivity contribution in [3.05, 3.63) is 92.7 Å². The molecular weight excluding hydrogens is 724 g/mol. The fraction of sp³-hybridized carbons (Fsp3) is 0.333. The Kier molecular flexibility index (Phi) is 18.8. The number of benzene rings is 2. The average molecular weight is 767 g/mol. The van der Waals surface area contributed by atoms with E-state index in [-0.39, 0.29) is 47.7 Å². The van der Waals surface area contributed by atoms with Crippen molar-refractivity contribution >= 4 is 62.8 Å². The van der Waals surface area contributed by atoms with Crippen LogP contribution in [0.5, 0.6) is 0 Å². The zero-order chi connectivity index (χ0) is 35.1. The molecule has 48 heavy (non-hydrogen) atoms. The molecule has 0 atom stereocenters. The normalized spacial score (nSPS) is 10.1. The number of thioether (sulfide) groups is 2. The van der Waals surface area contributed by atoms with Crippen LogP contribution in [0.2, 0.25) is 0 Å². The van der Waals surface area contributed by atoms with Gasteiger partial charge in [-0.2, -0.15) is 0 Å². The standard InChI is InChI=1S/C15H16FN3OS.C9H14N4O2S.C8H8BrF.CH4/c1-3-9-5-6-10(16)7-11(9)13(20)12-8-18-15(21-4-2)19-14(12)17;1-4-16-9-11-5-6(7(10)12-9)8(14)13(2)15-3;1-2-6-3-4-7(10)5-8(6)9;/h5-8H,3-4H2,1-2H3,(H2,17,18,19);5H,4H2,1-3H3,(H2,10,11,12);3-5H,2H2,1H3;1H4. The van der Waals surface area contributed by atoms with Crippen molar-refractivity contribution in [1.29, 1.82) is 0 Å². The highest BCUT2D eigenvalue weighted by Crippen LogP contribution is 2.22. The number of hydrogen-bond donors (Lipinski definition) is 2. The monoisotopic (exact) mass is 765 g/mol. The summed E-state index contributed by atoms with van der Waals surface area (Å²) in [5.74, 6) is 0.598. The van der Waals surface area contributed by atoms with Crippen LogP contribution in [0.1, 0.15) is 72.5 Å². The van der Waals surface area contributed by atoms with E-state index in [0.29, 0.717) is 22.3 Å². The van der Waals surface area contributed by atoms with Crippen molar-refractivity contribution in [1.82, 2.24) is 25.0 Å². The molecule has 0 unspecified atom stereocenters. The van der Waals surface area contributed by atoms with Crippen LogP contribution >= 0.6 is 39.5 Å². The topological polar surface area (TPSA) is 150 Å². The fourth-order valence-corrected chi connectivity index (χ4v) is 5.50. The fourth-order valence-electron chi connectivity index (χ4n) is 3.77. The molecule has 2 aromatic carbocycles. The maximum atomic E-state index is 13.4. The molecule has 0 saturated carbocycles. The summed E-state index contributed by atoms with van der Waals surface area (Å²) in [6.45, 7) is 7.91. The minimum absolute atomic E-state index is 0. The maximum absolute atomic E-state index is 13.4. The van der Waals surface area contributed by atoms with Crippen molar-refractivity contribution in [2.24, 2.45) is 0 Å². The number of aryl methyl sites for hydroxylation is 2. The van der Waals surface area contributed by atoms with Crippen LogP contribution in [0.15, 0.2) is 63.6 Å². The van der Waals surface area contributed by atoms with E-state index in [0.717, 1.165) is 38.6 Å². The highest BCUT2D eigenvalue weighted by molar-refractivity contribution is 9.10. The summed E-state index contributed by atoms with van der Waals surface area (Å²) in [5, 5.41) is 2.17. The van der Waals surface area contributed by atoms with E-state index in [1.54, 1.807) is 12.1 Å². The van der Waals surface area contributed by atoms with Crippen LogP contribution < -0.4 is 11.5 Å². The zero-order valence-electron chi connectivity index (χ0n) is 27.0. The van der Waals surface area contributed by atoms with E-state index >= 15 is 0 Å². The zero-order valence-corrected chi connectivity index (χ0v) is 30.2. The number of carbonyl (C=O) groups is 2. The molecule has 4 rings (SSSR count). The smallest absolute Gasteiger partial charge is 0.282 e. The van der Waals surface area contributed by atoms with Gasteiger partial charge >= 0.3 is 0 Å². The molecular formula is C33H42BrF2N7O3S2. The number of nitrogens with two attached hydrogens (primary N) is 2. The lowest BCUT2D eigenvalue weighted by atomic mass is 9.98. The van der Waals surface area contributed by atoms with Crippen molar-refractivity contribution in [2.75, 3.05) is 37.1 Å². The molecule has 0 radical (unpaired) electrons. The molecule has 0 fully saturated rings. The van der Waals surface area contributed by atoms with Gasteiger partial charge in [-0.25, -0.2) is 33.8 Å². The Morgan fingerprint density at radius 1 is 0.812 bits per heavy atom. The number of nitrogens with zero attached hydrogens (tertiary/aromatic N) is 5. The maximum Gasteiger partial charge on any atom is 0.282 e. The summed E-state index contributed by atoms with van der Waals surface area (Å²) in [4.78, 5) is 45.3. The minimum atomic E-state index is -0.451. The molecule has 2 aromatic heterocycles. The van der Waals surface area contributed by atoms with Gasteiger partial charge in [-0.05, 0) is 59.7 Å². The third kappa shape index (κ3) is 12.4. The Balaban J connectivity index is 0.000000379. The van der Waals surface area contributed by atoms with Gasteiger partial charge in [0.15, 0.2) is 16.1 Å². The van der Waals surface area contributed by atoms with Crippen LogP contribution in [-0.4, -0.2) is 62.4 Å². The highest BCUT2D eigenvalue weighted by Gasteiger charge is 2.19. The summed E-state index contributed by atoms with van der Waals surface area (Å²) < 4.78 is 26.7. The lowest BCUT2D eigenvalue weighted by molar-refractivity contribution is -0.0756. The van der Waals surface area contributed by atoms with Gasteiger partial charge in [-0.1, -0.05) is 86.7 Å². The van der Waals surface area contributed by atoms with Crippen LogP contribution in [0.4, 0.5) is 20.4 Å². The Hall–Kier alpha value is -3.66. The van der Waals surface area contributed by atoms with E-state index in [2.05, 4.69) is 35.9 Å². The van der Waals surface area contributed by atoms with Gasteiger partial charge in [0.25, 0.3) is 5.91 Å². The number of hydroxylamine groups is 2. The number of nitrogen functional groups attached to an aromatic ring is 2. The molecule has 10 nitrogen and oxygen atoms in total. The van der Waals surface area contributed by atoms with Gasteiger partial charge in [-0.15, -0.1) is 0 Å². The van der Waals surface area contributed by atoms with E-state index in [9.17, 15) is 18.4 Å². The number of anilines is 2. The molecule has 0 aliphatic rings.